The lowest BCUT2D eigenvalue weighted by atomic mass is 10.1. The lowest BCUT2D eigenvalue weighted by molar-refractivity contribution is -0.143. The topological polar surface area (TPSA) is 99.2 Å². The summed E-state index contributed by atoms with van der Waals surface area (Å²) in [5.74, 6) is -1.68. The van der Waals surface area contributed by atoms with Gasteiger partial charge in [-0.05, 0) is 37.6 Å². The third kappa shape index (κ3) is 4.95. The molecule has 0 saturated heterocycles. The second kappa shape index (κ2) is 9.76. The van der Waals surface area contributed by atoms with E-state index in [1.54, 1.807) is 6.92 Å². The second-order valence-electron chi connectivity index (χ2n) is 5.04. The summed E-state index contributed by atoms with van der Waals surface area (Å²) in [5.41, 5.74) is 0.112. The smallest absolute Gasteiger partial charge is 0.311 e. The van der Waals surface area contributed by atoms with Crippen molar-refractivity contribution in [1.82, 2.24) is 0 Å². The maximum Gasteiger partial charge on any atom is 0.311 e. The molecule has 1 rings (SSSR count). The minimum Gasteiger partial charge on any atom is -0.493 e. The van der Waals surface area contributed by atoms with E-state index in [0.29, 0.717) is 0 Å². The Hall–Kier alpha value is -2.61. The average Bonchev–Trinajstić information content (AvgIpc) is 2.60. The number of anilines is 1. The maximum atomic E-state index is 12.3. The van der Waals surface area contributed by atoms with Crippen LogP contribution in [0.25, 0.3) is 0 Å². The van der Waals surface area contributed by atoms with Crippen molar-refractivity contribution in [2.45, 2.75) is 20.3 Å². The lowest BCUT2D eigenvalue weighted by Crippen LogP contribution is -2.37. The number of methoxy groups -OCH3 is 2. The Labute approximate surface area is 155 Å². The Balaban J connectivity index is 3.45. The molecule has 9 heteroatoms. The van der Waals surface area contributed by atoms with Gasteiger partial charge < -0.3 is 19.1 Å². The van der Waals surface area contributed by atoms with Crippen molar-refractivity contribution in [3.05, 3.63) is 17.7 Å². The number of carbonyl (C=O) groups is 4. The fraction of sp³-hybridized carbons (Fsp3) is 0.412. The van der Waals surface area contributed by atoms with Crippen molar-refractivity contribution < 1.29 is 33.4 Å². The molecule has 1 aromatic rings. The van der Waals surface area contributed by atoms with Gasteiger partial charge in [0.15, 0.2) is 17.3 Å². The van der Waals surface area contributed by atoms with Gasteiger partial charge in [0.05, 0.1) is 38.5 Å². The molecule has 0 heterocycles. The van der Waals surface area contributed by atoms with E-state index in [-0.39, 0.29) is 42.3 Å². The molecule has 0 spiro atoms. The molecule has 0 aliphatic heterocycles. The third-order valence-electron chi connectivity index (χ3n) is 3.42. The van der Waals surface area contributed by atoms with Crippen molar-refractivity contribution >= 4 is 40.2 Å². The Morgan fingerprint density at radius 3 is 2.23 bits per heavy atom. The van der Waals surface area contributed by atoms with Gasteiger partial charge in [-0.25, -0.2) is 0 Å². The molecular weight excluding hydrogens is 366 g/mol. The highest BCUT2D eigenvalue weighted by molar-refractivity contribution is 6.82. The van der Waals surface area contributed by atoms with Gasteiger partial charge in [-0.15, -0.1) is 0 Å². The summed E-state index contributed by atoms with van der Waals surface area (Å²) in [7, 11) is 2.74. The van der Waals surface area contributed by atoms with Crippen LogP contribution in [0.4, 0.5) is 5.69 Å². The summed E-state index contributed by atoms with van der Waals surface area (Å²) in [6.45, 7) is 2.89. The Morgan fingerprint density at radius 1 is 1.12 bits per heavy atom. The molecule has 1 amide bonds. The number of hydrogen-bond donors (Lipinski definition) is 0. The zero-order chi connectivity index (χ0) is 19.9. The summed E-state index contributed by atoms with van der Waals surface area (Å²) in [5, 5.41) is -1.25. The monoisotopic (exact) mass is 385 g/mol. The molecule has 142 valence electrons. The highest BCUT2D eigenvalue weighted by atomic mass is 35.5. The van der Waals surface area contributed by atoms with Crippen LogP contribution < -0.4 is 14.4 Å². The molecule has 0 saturated carbocycles. The fourth-order valence-corrected chi connectivity index (χ4v) is 2.46. The predicted molar refractivity (Wildman–Crippen MR) is 94.0 cm³/mol. The zero-order valence-corrected chi connectivity index (χ0v) is 15.7. The number of amides is 1. The number of benzene rings is 1. The molecule has 0 aromatic heterocycles. The molecule has 0 N–H and O–H groups in total. The highest BCUT2D eigenvalue weighted by Crippen LogP contribution is 2.38. The van der Waals surface area contributed by atoms with Crippen LogP contribution in [0, 0.1) is 0 Å². The molecule has 1 aromatic carbocycles. The van der Waals surface area contributed by atoms with Crippen LogP contribution in [-0.2, 0) is 19.1 Å². The minimum absolute atomic E-state index is 0.0296. The van der Waals surface area contributed by atoms with Crippen molar-refractivity contribution in [1.29, 1.82) is 0 Å². The third-order valence-corrected chi connectivity index (χ3v) is 3.59. The first-order valence-electron chi connectivity index (χ1n) is 7.71. The summed E-state index contributed by atoms with van der Waals surface area (Å²) >= 11 is 5.33. The molecule has 0 unspecified atom stereocenters. The number of halogens is 1. The van der Waals surface area contributed by atoms with Crippen molar-refractivity contribution in [3.8, 4) is 11.5 Å². The van der Waals surface area contributed by atoms with E-state index >= 15 is 0 Å². The summed E-state index contributed by atoms with van der Waals surface area (Å²) in [6, 6.07) is 2.89. The largest absolute Gasteiger partial charge is 0.493 e. The van der Waals surface area contributed by atoms with E-state index in [9.17, 15) is 19.2 Å². The number of ketones is 1. The number of Topliss-reactive ketones (excluding diaryl/α,β-unsaturated/α-hetero) is 1. The molecule has 0 bridgehead atoms. The van der Waals surface area contributed by atoms with E-state index in [0.717, 1.165) is 4.90 Å². The minimum atomic E-state index is -1.25. The Morgan fingerprint density at radius 2 is 1.77 bits per heavy atom. The number of hydrogen-bond acceptors (Lipinski definition) is 7. The predicted octanol–water partition coefficient (Wildman–Crippen LogP) is 1.96. The molecule has 0 atom stereocenters. The molecular formula is C17H20ClNO7. The van der Waals surface area contributed by atoms with E-state index in [4.69, 9.17) is 25.8 Å². The zero-order valence-electron chi connectivity index (χ0n) is 15.0. The summed E-state index contributed by atoms with van der Waals surface area (Å²) in [6.07, 6.45) is -0.185. The summed E-state index contributed by atoms with van der Waals surface area (Å²) < 4.78 is 15.2. The Bertz CT molecular complexity index is 717. The van der Waals surface area contributed by atoms with E-state index in [1.165, 1.54) is 33.3 Å². The van der Waals surface area contributed by atoms with Crippen LogP contribution in [0.1, 0.15) is 30.6 Å². The quantitative estimate of drug-likeness (QED) is 0.277. The van der Waals surface area contributed by atoms with E-state index < -0.39 is 22.9 Å². The van der Waals surface area contributed by atoms with Crippen LogP contribution in [0.15, 0.2) is 12.1 Å². The SMILES string of the molecule is CCOC(=O)CCN(C(=O)C(=O)Cl)c1ccc(OC)c(OC)c1C(C)=O. The molecule has 26 heavy (non-hydrogen) atoms. The van der Waals surface area contributed by atoms with Gasteiger partial charge in [0.2, 0.25) is 0 Å². The number of rotatable bonds is 9. The molecule has 0 radical (unpaired) electrons. The molecule has 8 nitrogen and oxygen atoms in total. The van der Waals surface area contributed by atoms with Gasteiger partial charge in [0.25, 0.3) is 0 Å². The van der Waals surface area contributed by atoms with Gasteiger partial charge >= 0.3 is 17.1 Å². The first-order chi connectivity index (χ1) is 12.3. The standard InChI is InChI=1S/C17H20ClNO7/c1-5-26-13(21)8-9-19(17(23)16(18)22)11-6-7-12(24-3)15(25-4)14(11)10(2)20/h6-7H,5,8-9H2,1-4H3. The van der Waals surface area contributed by atoms with Crippen molar-refractivity contribution in [2.24, 2.45) is 0 Å². The van der Waals surface area contributed by atoms with Crippen molar-refractivity contribution in [2.75, 3.05) is 32.3 Å². The van der Waals surface area contributed by atoms with E-state index in [2.05, 4.69) is 0 Å². The normalized spacial score (nSPS) is 10.0. The fourth-order valence-electron chi connectivity index (χ4n) is 2.36. The van der Waals surface area contributed by atoms with Gasteiger partial charge in [-0.1, -0.05) is 0 Å². The lowest BCUT2D eigenvalue weighted by Gasteiger charge is -2.24. The van der Waals surface area contributed by atoms with Crippen LogP contribution >= 0.6 is 11.6 Å². The second-order valence-corrected chi connectivity index (χ2v) is 5.38. The Kier molecular flexibility index (Phi) is 8.05. The highest BCUT2D eigenvalue weighted by Gasteiger charge is 2.29. The number of nitrogens with zero attached hydrogens (tertiary/aromatic N) is 1. The first kappa shape index (κ1) is 21.4. The van der Waals surface area contributed by atoms with Gasteiger partial charge in [0.1, 0.15) is 0 Å². The first-order valence-corrected chi connectivity index (χ1v) is 8.09. The maximum absolute atomic E-state index is 12.3. The van der Waals surface area contributed by atoms with Crippen molar-refractivity contribution in [3.63, 3.8) is 0 Å². The van der Waals surface area contributed by atoms with Crippen LogP contribution in [0.5, 0.6) is 11.5 Å². The van der Waals surface area contributed by atoms with Gasteiger partial charge in [-0.3, -0.25) is 19.2 Å². The summed E-state index contributed by atoms with van der Waals surface area (Å²) in [4.78, 5) is 48.4. The number of esters is 1. The van der Waals surface area contributed by atoms with Crippen LogP contribution in [0.3, 0.4) is 0 Å². The van der Waals surface area contributed by atoms with Gasteiger partial charge in [0, 0.05) is 6.54 Å². The molecule has 0 fully saturated rings. The van der Waals surface area contributed by atoms with Crippen LogP contribution in [-0.4, -0.2) is 50.3 Å². The number of carbonyl (C=O) groups excluding carboxylic acids is 4. The number of ether oxygens (including phenoxy) is 3. The molecule has 0 aliphatic rings. The van der Waals surface area contributed by atoms with E-state index in [1.807, 2.05) is 0 Å². The average molecular weight is 386 g/mol. The van der Waals surface area contributed by atoms with Crippen LogP contribution in [0.2, 0.25) is 0 Å². The molecule has 0 aliphatic carbocycles. The van der Waals surface area contributed by atoms with Gasteiger partial charge in [-0.2, -0.15) is 0 Å².